The van der Waals surface area contributed by atoms with Gasteiger partial charge in [0.05, 0.1) is 5.52 Å². The molecule has 0 radical (unpaired) electrons. The Labute approximate surface area is 145 Å². The molecule has 0 saturated carbocycles. The van der Waals surface area contributed by atoms with Gasteiger partial charge in [-0.25, -0.2) is 4.79 Å². The van der Waals surface area contributed by atoms with Crippen molar-refractivity contribution >= 4 is 34.3 Å². The van der Waals surface area contributed by atoms with Crippen LogP contribution in [-0.4, -0.2) is 53.9 Å². The van der Waals surface area contributed by atoms with Crippen molar-refractivity contribution in [2.45, 2.75) is 19.4 Å². The molecule has 1 aromatic carbocycles. The van der Waals surface area contributed by atoms with Gasteiger partial charge in [-0.1, -0.05) is 0 Å². The normalized spacial score (nSPS) is 21.8. The first-order valence-electron chi connectivity index (χ1n) is 8.60. The molecule has 1 unspecified atom stereocenters. The average molecular weight is 342 g/mol. The van der Waals surface area contributed by atoms with Crippen LogP contribution in [0.2, 0.25) is 0 Å². The third kappa shape index (κ3) is 2.72. The number of piperazine rings is 1. The molecule has 0 spiro atoms. The van der Waals surface area contributed by atoms with Crippen LogP contribution in [0.3, 0.4) is 0 Å². The molecular weight excluding hydrogens is 320 g/mol. The zero-order chi connectivity index (χ0) is 17.6. The van der Waals surface area contributed by atoms with E-state index in [1.807, 2.05) is 13.1 Å². The lowest BCUT2D eigenvalue weighted by Gasteiger charge is -2.36. The van der Waals surface area contributed by atoms with Crippen molar-refractivity contribution in [2.75, 3.05) is 36.0 Å². The van der Waals surface area contributed by atoms with Crippen LogP contribution in [-0.2, 0) is 11.8 Å². The van der Waals surface area contributed by atoms with E-state index in [-0.39, 0.29) is 5.91 Å². The topological polar surface area (TPSA) is 82.5 Å². The minimum absolute atomic E-state index is 0.239. The summed E-state index contributed by atoms with van der Waals surface area (Å²) in [7, 11) is 1.88. The third-order valence-electron chi connectivity index (χ3n) is 4.96. The van der Waals surface area contributed by atoms with Crippen molar-refractivity contribution < 1.29 is 9.59 Å². The van der Waals surface area contributed by atoms with Crippen molar-refractivity contribution in [3.8, 4) is 0 Å². The lowest BCUT2D eigenvalue weighted by atomic mass is 10.1. The predicted octanol–water partition coefficient (Wildman–Crippen LogP) is 0.818. The predicted molar refractivity (Wildman–Crippen MR) is 95.9 cm³/mol. The summed E-state index contributed by atoms with van der Waals surface area (Å²) in [5.74, 6) is 0.360. The SMILES string of the molecule is CC1CNCCN1c1ccc2c(N3CCC(=O)NC3=O)nn(C)c2c1. The van der Waals surface area contributed by atoms with Gasteiger partial charge in [-0.15, -0.1) is 0 Å². The average Bonchev–Trinajstić information content (AvgIpc) is 2.91. The highest BCUT2D eigenvalue weighted by Crippen LogP contribution is 2.31. The van der Waals surface area contributed by atoms with Crippen molar-refractivity contribution in [1.82, 2.24) is 20.4 Å². The summed E-state index contributed by atoms with van der Waals surface area (Å²) in [5.41, 5.74) is 2.14. The molecule has 25 heavy (non-hydrogen) atoms. The number of aryl methyl sites for hydroxylation is 1. The molecule has 0 bridgehead atoms. The van der Waals surface area contributed by atoms with Crippen LogP contribution in [0.25, 0.3) is 10.9 Å². The number of hydrogen-bond donors (Lipinski definition) is 2. The highest BCUT2D eigenvalue weighted by atomic mass is 16.2. The summed E-state index contributed by atoms with van der Waals surface area (Å²) in [4.78, 5) is 27.4. The molecule has 3 heterocycles. The second kappa shape index (κ2) is 6.03. The fourth-order valence-corrected chi connectivity index (χ4v) is 3.60. The second-order valence-corrected chi connectivity index (χ2v) is 6.65. The van der Waals surface area contributed by atoms with Crippen LogP contribution >= 0.6 is 0 Å². The Morgan fingerprint density at radius 1 is 1.24 bits per heavy atom. The van der Waals surface area contributed by atoms with Crippen LogP contribution < -0.4 is 20.4 Å². The molecule has 8 heteroatoms. The highest BCUT2D eigenvalue weighted by molar-refractivity contribution is 6.09. The number of imide groups is 1. The minimum Gasteiger partial charge on any atom is -0.366 e. The van der Waals surface area contributed by atoms with E-state index in [0.29, 0.717) is 24.8 Å². The molecule has 1 atom stereocenters. The van der Waals surface area contributed by atoms with Crippen LogP contribution in [0.1, 0.15) is 13.3 Å². The summed E-state index contributed by atoms with van der Waals surface area (Å²) in [6.07, 6.45) is 0.292. The number of fused-ring (bicyclic) bond motifs is 1. The number of nitrogens with zero attached hydrogens (tertiary/aromatic N) is 4. The van der Waals surface area contributed by atoms with E-state index in [1.54, 1.807) is 4.68 Å². The first kappa shape index (κ1) is 15.9. The van der Waals surface area contributed by atoms with Crippen molar-refractivity contribution in [3.63, 3.8) is 0 Å². The molecule has 2 aliphatic heterocycles. The Hall–Kier alpha value is -2.61. The highest BCUT2D eigenvalue weighted by Gasteiger charge is 2.28. The number of carbonyl (C=O) groups is 2. The van der Waals surface area contributed by atoms with Gasteiger partial charge in [0.2, 0.25) is 5.91 Å². The zero-order valence-corrected chi connectivity index (χ0v) is 14.5. The first-order valence-corrected chi connectivity index (χ1v) is 8.60. The lowest BCUT2D eigenvalue weighted by molar-refractivity contribution is -0.120. The van der Waals surface area contributed by atoms with Crippen LogP contribution in [0, 0.1) is 0 Å². The molecule has 2 saturated heterocycles. The molecule has 0 aliphatic carbocycles. The summed E-state index contributed by atoms with van der Waals surface area (Å²) in [6.45, 7) is 5.47. The van der Waals surface area contributed by atoms with Gasteiger partial charge < -0.3 is 10.2 Å². The fourth-order valence-electron chi connectivity index (χ4n) is 3.60. The Morgan fingerprint density at radius 2 is 2.08 bits per heavy atom. The maximum absolute atomic E-state index is 12.1. The molecule has 2 aliphatic rings. The fraction of sp³-hybridized carbons (Fsp3) is 0.471. The smallest absolute Gasteiger partial charge is 0.329 e. The van der Waals surface area contributed by atoms with E-state index in [9.17, 15) is 9.59 Å². The number of aromatic nitrogens is 2. The number of nitrogens with one attached hydrogen (secondary N) is 2. The standard InChI is InChI=1S/C17H22N6O2/c1-11-10-18-6-8-22(11)12-3-4-13-14(9-12)21(2)20-16(13)23-7-5-15(24)19-17(23)25/h3-4,9,11,18H,5-8,10H2,1-2H3,(H,19,24,25). The van der Waals surface area contributed by atoms with Gasteiger partial charge in [0.1, 0.15) is 0 Å². The zero-order valence-electron chi connectivity index (χ0n) is 14.5. The summed E-state index contributed by atoms with van der Waals surface area (Å²) in [6, 6.07) is 6.25. The number of anilines is 2. The van der Waals surface area contributed by atoms with Gasteiger partial charge >= 0.3 is 6.03 Å². The lowest BCUT2D eigenvalue weighted by Crippen LogP contribution is -2.50. The monoisotopic (exact) mass is 342 g/mol. The summed E-state index contributed by atoms with van der Waals surface area (Å²) < 4.78 is 1.80. The molecule has 2 N–H and O–H groups in total. The molecule has 4 rings (SSSR count). The third-order valence-corrected chi connectivity index (χ3v) is 4.96. The number of urea groups is 1. The van der Waals surface area contributed by atoms with Crippen LogP contribution in [0.15, 0.2) is 18.2 Å². The van der Waals surface area contributed by atoms with Gasteiger partial charge in [-0.3, -0.25) is 19.7 Å². The van der Waals surface area contributed by atoms with Gasteiger partial charge in [0.15, 0.2) is 5.82 Å². The summed E-state index contributed by atoms with van der Waals surface area (Å²) >= 11 is 0. The first-order chi connectivity index (χ1) is 12.0. The van der Waals surface area contributed by atoms with E-state index < -0.39 is 6.03 Å². The van der Waals surface area contributed by atoms with E-state index in [1.165, 1.54) is 4.90 Å². The molecule has 2 aromatic rings. The maximum Gasteiger partial charge on any atom is 0.329 e. The Morgan fingerprint density at radius 3 is 2.84 bits per heavy atom. The van der Waals surface area contributed by atoms with Crippen LogP contribution in [0.4, 0.5) is 16.3 Å². The van der Waals surface area contributed by atoms with Gasteiger partial charge in [0.25, 0.3) is 0 Å². The number of rotatable bonds is 2. The molecule has 1 aromatic heterocycles. The van der Waals surface area contributed by atoms with Crippen LogP contribution in [0.5, 0.6) is 0 Å². The molecule has 8 nitrogen and oxygen atoms in total. The Bertz CT molecular complexity index is 845. The molecule has 2 fully saturated rings. The maximum atomic E-state index is 12.1. The number of benzene rings is 1. The van der Waals surface area contributed by atoms with Crippen molar-refractivity contribution in [2.24, 2.45) is 7.05 Å². The Balaban J connectivity index is 1.71. The largest absolute Gasteiger partial charge is 0.366 e. The van der Waals surface area contributed by atoms with E-state index >= 15 is 0 Å². The van der Waals surface area contributed by atoms with Crippen molar-refractivity contribution in [3.05, 3.63) is 18.2 Å². The quantitative estimate of drug-likeness (QED) is 0.844. The second-order valence-electron chi connectivity index (χ2n) is 6.65. The van der Waals surface area contributed by atoms with E-state index in [0.717, 1.165) is 36.2 Å². The molecule has 3 amide bonds. The van der Waals surface area contributed by atoms with Gasteiger partial charge in [-0.05, 0) is 25.1 Å². The van der Waals surface area contributed by atoms with Gasteiger partial charge in [0, 0.05) is 56.8 Å². The van der Waals surface area contributed by atoms with E-state index in [4.69, 9.17) is 0 Å². The van der Waals surface area contributed by atoms with E-state index in [2.05, 4.69) is 39.7 Å². The minimum atomic E-state index is -0.406. The van der Waals surface area contributed by atoms with Gasteiger partial charge in [-0.2, -0.15) is 5.10 Å². The molecule has 132 valence electrons. The number of carbonyl (C=O) groups excluding carboxylic acids is 2. The molecular formula is C17H22N6O2. The van der Waals surface area contributed by atoms with Crippen molar-refractivity contribution in [1.29, 1.82) is 0 Å². The summed E-state index contributed by atoms with van der Waals surface area (Å²) in [5, 5.41) is 11.2. The Kier molecular flexibility index (Phi) is 3.84. The number of amides is 3. The number of hydrogen-bond acceptors (Lipinski definition) is 5.